The van der Waals surface area contributed by atoms with Crippen LogP contribution in [0.2, 0.25) is 0 Å². The number of nitrogens with one attached hydrogen (secondary N) is 1. The van der Waals surface area contributed by atoms with E-state index in [0.717, 1.165) is 12.0 Å². The Morgan fingerprint density at radius 1 is 1.43 bits per heavy atom. The first kappa shape index (κ1) is 14.6. The van der Waals surface area contributed by atoms with Crippen molar-refractivity contribution in [3.8, 4) is 5.88 Å². The van der Waals surface area contributed by atoms with Crippen molar-refractivity contribution >= 4 is 11.5 Å². The van der Waals surface area contributed by atoms with Crippen LogP contribution in [-0.2, 0) is 6.54 Å². The maximum atomic E-state index is 11.2. The van der Waals surface area contributed by atoms with Gasteiger partial charge in [0.25, 0.3) is 5.88 Å². The fourth-order valence-corrected chi connectivity index (χ4v) is 1.65. The van der Waals surface area contributed by atoms with E-state index in [4.69, 9.17) is 4.74 Å². The monoisotopic (exact) mass is 289 g/mol. The molecule has 0 fully saturated rings. The van der Waals surface area contributed by atoms with Gasteiger partial charge in [-0.3, -0.25) is 15.1 Å². The zero-order valence-electron chi connectivity index (χ0n) is 11.5. The number of nitrogens with zero attached hydrogens (tertiary/aromatic N) is 4. The Kier molecular flexibility index (Phi) is 4.97. The molecule has 2 rings (SSSR count). The van der Waals surface area contributed by atoms with Gasteiger partial charge in [-0.2, -0.15) is 4.98 Å². The van der Waals surface area contributed by atoms with Crippen molar-refractivity contribution in [2.45, 2.75) is 19.9 Å². The van der Waals surface area contributed by atoms with Crippen LogP contribution in [0.3, 0.4) is 0 Å². The summed E-state index contributed by atoms with van der Waals surface area (Å²) in [6, 6.07) is 3.66. The van der Waals surface area contributed by atoms with Gasteiger partial charge in [-0.25, -0.2) is 4.98 Å². The highest BCUT2D eigenvalue weighted by Crippen LogP contribution is 2.31. The molecular weight excluding hydrogens is 274 g/mol. The van der Waals surface area contributed by atoms with E-state index in [9.17, 15) is 10.1 Å². The summed E-state index contributed by atoms with van der Waals surface area (Å²) in [6.45, 7) is 2.65. The number of hydrogen-bond donors (Lipinski definition) is 1. The first-order valence-electron chi connectivity index (χ1n) is 6.47. The van der Waals surface area contributed by atoms with E-state index in [1.54, 1.807) is 18.5 Å². The number of aromatic nitrogens is 3. The van der Waals surface area contributed by atoms with Crippen LogP contribution < -0.4 is 10.1 Å². The maximum Gasteiger partial charge on any atom is 0.372 e. The summed E-state index contributed by atoms with van der Waals surface area (Å²) in [5.74, 6) is 0.107. The van der Waals surface area contributed by atoms with Gasteiger partial charge in [0.05, 0.1) is 11.5 Å². The summed E-state index contributed by atoms with van der Waals surface area (Å²) in [5, 5.41) is 14.1. The molecule has 0 bridgehead atoms. The van der Waals surface area contributed by atoms with E-state index >= 15 is 0 Å². The van der Waals surface area contributed by atoms with E-state index in [1.807, 2.05) is 13.0 Å². The summed E-state index contributed by atoms with van der Waals surface area (Å²) in [6.07, 6.45) is 5.31. The third kappa shape index (κ3) is 3.85. The van der Waals surface area contributed by atoms with Gasteiger partial charge in [0.15, 0.2) is 0 Å². The molecule has 2 heterocycles. The molecule has 2 aromatic heterocycles. The second-order valence-electron chi connectivity index (χ2n) is 4.20. The summed E-state index contributed by atoms with van der Waals surface area (Å²) in [5.41, 5.74) is 0.635. The highest BCUT2D eigenvalue weighted by atomic mass is 16.6. The topological polar surface area (TPSA) is 103 Å². The molecule has 0 aliphatic heterocycles. The molecule has 0 aliphatic carbocycles. The van der Waals surface area contributed by atoms with E-state index < -0.39 is 4.92 Å². The van der Waals surface area contributed by atoms with Gasteiger partial charge >= 0.3 is 5.69 Å². The maximum absolute atomic E-state index is 11.2. The number of nitro groups is 1. The Bertz CT molecular complexity index is 606. The van der Waals surface area contributed by atoms with E-state index in [1.165, 1.54) is 6.33 Å². The van der Waals surface area contributed by atoms with Crippen molar-refractivity contribution in [1.29, 1.82) is 0 Å². The second kappa shape index (κ2) is 7.13. The van der Waals surface area contributed by atoms with E-state index in [-0.39, 0.29) is 17.4 Å². The molecule has 2 aromatic rings. The number of anilines is 1. The molecule has 0 aliphatic rings. The molecule has 8 nitrogen and oxygen atoms in total. The molecule has 1 N–H and O–H groups in total. The third-order valence-electron chi connectivity index (χ3n) is 2.60. The summed E-state index contributed by atoms with van der Waals surface area (Å²) < 4.78 is 5.30. The molecule has 8 heteroatoms. The van der Waals surface area contributed by atoms with E-state index in [2.05, 4.69) is 20.3 Å². The fourth-order valence-electron chi connectivity index (χ4n) is 1.65. The highest BCUT2D eigenvalue weighted by molar-refractivity contribution is 5.61. The number of pyridine rings is 1. The van der Waals surface area contributed by atoms with Gasteiger partial charge in [0.1, 0.15) is 6.33 Å². The van der Waals surface area contributed by atoms with Gasteiger partial charge in [-0.05, 0) is 18.1 Å². The molecule has 0 atom stereocenters. The van der Waals surface area contributed by atoms with Crippen LogP contribution in [0.5, 0.6) is 5.88 Å². The van der Waals surface area contributed by atoms with E-state index in [0.29, 0.717) is 13.2 Å². The van der Waals surface area contributed by atoms with Gasteiger partial charge in [0, 0.05) is 18.9 Å². The fraction of sp³-hybridized carbons (Fsp3) is 0.308. The molecule has 0 unspecified atom stereocenters. The van der Waals surface area contributed by atoms with Crippen LogP contribution in [0.1, 0.15) is 18.9 Å². The van der Waals surface area contributed by atoms with Crippen molar-refractivity contribution in [2.24, 2.45) is 0 Å². The molecule has 110 valence electrons. The largest absolute Gasteiger partial charge is 0.473 e. The molecule has 0 radical (unpaired) electrons. The Morgan fingerprint density at radius 3 is 2.95 bits per heavy atom. The van der Waals surface area contributed by atoms with Crippen LogP contribution in [0.15, 0.2) is 30.9 Å². The first-order valence-corrected chi connectivity index (χ1v) is 6.47. The standard InChI is InChI=1S/C13H15N5O3/c1-2-6-21-13-11(18(19)20)12(16-9-17-13)15-8-10-4-3-5-14-7-10/h3-5,7,9H,2,6,8H2,1H3,(H,15,16,17). The summed E-state index contributed by atoms with van der Waals surface area (Å²) in [4.78, 5) is 22.4. The average Bonchev–Trinajstić information content (AvgIpc) is 2.51. The Morgan fingerprint density at radius 2 is 2.29 bits per heavy atom. The second-order valence-corrected chi connectivity index (χ2v) is 4.20. The molecular formula is C13H15N5O3. The highest BCUT2D eigenvalue weighted by Gasteiger charge is 2.24. The number of rotatable bonds is 7. The number of ether oxygens (including phenoxy) is 1. The molecule has 0 saturated heterocycles. The van der Waals surface area contributed by atoms with Crippen molar-refractivity contribution in [3.05, 3.63) is 46.5 Å². The van der Waals surface area contributed by atoms with Crippen LogP contribution in [0.25, 0.3) is 0 Å². The van der Waals surface area contributed by atoms with Crippen molar-refractivity contribution in [2.75, 3.05) is 11.9 Å². The Labute approximate surface area is 121 Å². The third-order valence-corrected chi connectivity index (χ3v) is 2.60. The molecule has 0 aromatic carbocycles. The number of hydrogen-bond acceptors (Lipinski definition) is 7. The zero-order chi connectivity index (χ0) is 15.1. The SMILES string of the molecule is CCCOc1ncnc(NCc2cccnc2)c1[N+](=O)[O-]. The molecule has 0 amide bonds. The van der Waals surface area contributed by atoms with Gasteiger partial charge in [0.2, 0.25) is 5.82 Å². The summed E-state index contributed by atoms with van der Waals surface area (Å²) in [7, 11) is 0. The van der Waals surface area contributed by atoms with Crippen molar-refractivity contribution < 1.29 is 9.66 Å². The lowest BCUT2D eigenvalue weighted by Crippen LogP contribution is -2.08. The average molecular weight is 289 g/mol. The Balaban J connectivity index is 2.20. The lowest BCUT2D eigenvalue weighted by Gasteiger charge is -2.08. The molecule has 0 saturated carbocycles. The minimum Gasteiger partial charge on any atom is -0.473 e. The minimum absolute atomic E-state index is 0.0227. The van der Waals surface area contributed by atoms with Gasteiger partial charge in [-0.1, -0.05) is 13.0 Å². The zero-order valence-corrected chi connectivity index (χ0v) is 11.5. The molecule has 21 heavy (non-hydrogen) atoms. The summed E-state index contributed by atoms with van der Waals surface area (Å²) >= 11 is 0. The lowest BCUT2D eigenvalue weighted by molar-refractivity contribution is -0.385. The van der Waals surface area contributed by atoms with Crippen LogP contribution in [0, 0.1) is 10.1 Å². The Hall–Kier alpha value is -2.77. The lowest BCUT2D eigenvalue weighted by atomic mass is 10.3. The predicted molar refractivity (Wildman–Crippen MR) is 76.0 cm³/mol. The predicted octanol–water partition coefficient (Wildman–Crippen LogP) is 2.18. The first-order chi connectivity index (χ1) is 10.2. The van der Waals surface area contributed by atoms with Crippen molar-refractivity contribution in [3.63, 3.8) is 0 Å². The van der Waals surface area contributed by atoms with Gasteiger partial charge in [-0.15, -0.1) is 0 Å². The molecule has 0 spiro atoms. The quantitative estimate of drug-likeness (QED) is 0.615. The van der Waals surface area contributed by atoms with Gasteiger partial charge < -0.3 is 10.1 Å². The normalized spacial score (nSPS) is 10.1. The minimum atomic E-state index is -0.545. The van der Waals surface area contributed by atoms with Crippen molar-refractivity contribution in [1.82, 2.24) is 15.0 Å². The smallest absolute Gasteiger partial charge is 0.372 e. The van der Waals surface area contributed by atoms with Crippen LogP contribution in [-0.4, -0.2) is 26.5 Å². The van der Waals surface area contributed by atoms with Crippen LogP contribution >= 0.6 is 0 Å². The van der Waals surface area contributed by atoms with Crippen LogP contribution in [0.4, 0.5) is 11.5 Å².